The number of H-pyrrole nitrogens is 1. The van der Waals surface area contributed by atoms with Gasteiger partial charge in [-0.05, 0) is 47.5 Å². The van der Waals surface area contributed by atoms with Crippen LogP contribution in [0.25, 0.3) is 22.4 Å². The highest BCUT2D eigenvalue weighted by atomic mass is 32.2. The number of nitrogens with one attached hydrogen (secondary N) is 1. The maximum atomic E-state index is 12.7. The fourth-order valence-electron chi connectivity index (χ4n) is 3.36. The molecular formula is C22H21N3O7S. The Morgan fingerprint density at radius 3 is 1.97 bits per heavy atom. The number of aromatic nitrogens is 1. The van der Waals surface area contributed by atoms with Gasteiger partial charge in [0.1, 0.15) is 22.3 Å². The predicted molar refractivity (Wildman–Crippen MR) is 120 cm³/mol. The first-order valence-electron chi connectivity index (χ1n) is 9.37. The van der Waals surface area contributed by atoms with Gasteiger partial charge in [0.05, 0.1) is 28.4 Å². The van der Waals surface area contributed by atoms with Crippen molar-refractivity contribution in [3.05, 3.63) is 52.3 Å². The van der Waals surface area contributed by atoms with Gasteiger partial charge in [-0.15, -0.1) is 0 Å². The Kier molecular flexibility index (Phi) is 6.62. The molecule has 0 atom stereocenters. The van der Waals surface area contributed by atoms with Gasteiger partial charge in [-0.3, -0.25) is 4.79 Å². The van der Waals surface area contributed by atoms with E-state index in [-0.39, 0.29) is 27.5 Å². The molecular weight excluding hydrogens is 450 g/mol. The summed E-state index contributed by atoms with van der Waals surface area (Å²) in [5.74, 6) is 1.07. The maximum absolute atomic E-state index is 12.7. The van der Waals surface area contributed by atoms with Crippen molar-refractivity contribution in [2.24, 2.45) is 5.14 Å². The van der Waals surface area contributed by atoms with Crippen molar-refractivity contribution in [1.29, 1.82) is 5.26 Å². The molecule has 0 fully saturated rings. The first-order valence-corrected chi connectivity index (χ1v) is 10.9. The van der Waals surface area contributed by atoms with Gasteiger partial charge in [0.25, 0.3) is 5.56 Å². The van der Waals surface area contributed by atoms with Gasteiger partial charge in [0, 0.05) is 11.3 Å². The Labute approximate surface area is 190 Å². The topological polar surface area (TPSA) is 154 Å². The number of pyridine rings is 1. The van der Waals surface area contributed by atoms with E-state index < -0.39 is 15.6 Å². The molecule has 0 aliphatic rings. The van der Waals surface area contributed by atoms with Gasteiger partial charge in [-0.25, -0.2) is 13.6 Å². The number of nitrogens with two attached hydrogens (primary N) is 1. The summed E-state index contributed by atoms with van der Waals surface area (Å²) in [5.41, 5.74) is 0.530. The quantitative estimate of drug-likeness (QED) is 0.532. The van der Waals surface area contributed by atoms with Crippen molar-refractivity contribution < 1.29 is 27.4 Å². The normalized spacial score (nSPS) is 10.9. The fraction of sp³-hybridized carbons (Fsp3) is 0.182. The summed E-state index contributed by atoms with van der Waals surface area (Å²) in [6.07, 6.45) is 0. The minimum absolute atomic E-state index is 0.0575. The number of methoxy groups -OCH3 is 4. The first kappa shape index (κ1) is 23.6. The van der Waals surface area contributed by atoms with E-state index in [9.17, 15) is 18.5 Å². The van der Waals surface area contributed by atoms with Gasteiger partial charge in [0.2, 0.25) is 15.8 Å². The number of rotatable bonds is 7. The highest BCUT2D eigenvalue weighted by Gasteiger charge is 2.20. The molecule has 0 radical (unpaired) electrons. The molecule has 0 amide bonds. The zero-order valence-electron chi connectivity index (χ0n) is 18.3. The van der Waals surface area contributed by atoms with Crippen molar-refractivity contribution >= 4 is 10.0 Å². The molecule has 1 aromatic heterocycles. The molecule has 0 bridgehead atoms. The van der Waals surface area contributed by atoms with Crippen LogP contribution < -0.4 is 29.6 Å². The average Bonchev–Trinajstić information content (AvgIpc) is 2.81. The number of primary sulfonamides is 1. The van der Waals surface area contributed by atoms with Crippen molar-refractivity contribution in [3.63, 3.8) is 0 Å². The molecule has 2 aromatic carbocycles. The Balaban J connectivity index is 2.31. The van der Waals surface area contributed by atoms with Crippen LogP contribution in [0, 0.1) is 11.3 Å². The van der Waals surface area contributed by atoms with E-state index in [1.807, 2.05) is 6.07 Å². The number of ether oxygens (including phenoxy) is 4. The largest absolute Gasteiger partial charge is 0.495 e. The minimum atomic E-state index is -4.10. The molecule has 0 unspecified atom stereocenters. The summed E-state index contributed by atoms with van der Waals surface area (Å²) in [4.78, 5) is 15.1. The number of benzene rings is 2. The molecule has 0 saturated heterocycles. The molecule has 172 valence electrons. The number of sulfonamides is 1. The second-order valence-corrected chi connectivity index (χ2v) is 8.27. The number of hydrogen-bond donors (Lipinski definition) is 2. The van der Waals surface area contributed by atoms with E-state index >= 15 is 0 Å². The average molecular weight is 471 g/mol. The van der Waals surface area contributed by atoms with Gasteiger partial charge < -0.3 is 23.9 Å². The summed E-state index contributed by atoms with van der Waals surface area (Å²) < 4.78 is 45.1. The highest BCUT2D eigenvalue weighted by Crippen LogP contribution is 2.42. The van der Waals surface area contributed by atoms with E-state index in [4.69, 9.17) is 24.1 Å². The molecule has 0 saturated carbocycles. The molecule has 11 heteroatoms. The second kappa shape index (κ2) is 9.23. The van der Waals surface area contributed by atoms with Crippen LogP contribution in [0.4, 0.5) is 0 Å². The number of aromatic amines is 1. The van der Waals surface area contributed by atoms with Crippen LogP contribution in [0.3, 0.4) is 0 Å². The van der Waals surface area contributed by atoms with E-state index in [2.05, 4.69) is 4.98 Å². The van der Waals surface area contributed by atoms with Crippen molar-refractivity contribution in [1.82, 2.24) is 4.98 Å². The van der Waals surface area contributed by atoms with Crippen LogP contribution in [-0.2, 0) is 10.0 Å². The van der Waals surface area contributed by atoms with Crippen LogP contribution in [0.5, 0.6) is 23.0 Å². The van der Waals surface area contributed by atoms with Crippen LogP contribution in [0.2, 0.25) is 0 Å². The summed E-state index contributed by atoms with van der Waals surface area (Å²) in [6.45, 7) is 0. The lowest BCUT2D eigenvalue weighted by Gasteiger charge is -2.15. The molecule has 0 aliphatic heterocycles. The smallest absolute Gasteiger partial charge is 0.266 e. The predicted octanol–water partition coefficient (Wildman–Crippen LogP) is 2.26. The molecule has 0 aliphatic carbocycles. The summed E-state index contributed by atoms with van der Waals surface area (Å²) >= 11 is 0. The molecule has 33 heavy (non-hydrogen) atoms. The van der Waals surface area contributed by atoms with Gasteiger partial charge >= 0.3 is 0 Å². The summed E-state index contributed by atoms with van der Waals surface area (Å²) in [5, 5.41) is 14.9. The molecule has 3 aromatic rings. The second-order valence-electron chi connectivity index (χ2n) is 6.74. The highest BCUT2D eigenvalue weighted by molar-refractivity contribution is 7.89. The van der Waals surface area contributed by atoms with Crippen molar-refractivity contribution in [2.45, 2.75) is 4.90 Å². The van der Waals surface area contributed by atoms with Gasteiger partial charge in [-0.1, -0.05) is 0 Å². The Hall–Kier alpha value is -4.01. The molecule has 1 heterocycles. The Morgan fingerprint density at radius 1 is 0.879 bits per heavy atom. The van der Waals surface area contributed by atoms with Crippen LogP contribution in [0.15, 0.2) is 46.1 Å². The van der Waals surface area contributed by atoms with Crippen LogP contribution in [-0.4, -0.2) is 41.8 Å². The van der Waals surface area contributed by atoms with Crippen molar-refractivity contribution in [3.8, 4) is 51.5 Å². The van der Waals surface area contributed by atoms with E-state index in [0.29, 0.717) is 28.4 Å². The Morgan fingerprint density at radius 2 is 1.48 bits per heavy atom. The third-order valence-corrected chi connectivity index (χ3v) is 5.83. The standard InChI is InChI=1S/C22H21N3O7S/c1-29-17-6-5-12(9-20(17)33(24,27)28)16-10-14(15(11-23)22(26)25-16)13-7-18(30-2)21(32-4)19(8-13)31-3/h5-10H,1-4H3,(H,25,26)(H2,24,27,28). The monoisotopic (exact) mass is 471 g/mol. The van der Waals surface area contributed by atoms with E-state index in [1.54, 1.807) is 24.3 Å². The molecule has 3 rings (SSSR count). The molecule has 3 N–H and O–H groups in total. The lowest BCUT2D eigenvalue weighted by Crippen LogP contribution is -2.15. The lowest BCUT2D eigenvalue weighted by molar-refractivity contribution is 0.324. The molecule has 0 spiro atoms. The van der Waals surface area contributed by atoms with E-state index in [1.165, 1.54) is 40.6 Å². The third-order valence-electron chi connectivity index (χ3n) is 4.90. The minimum Gasteiger partial charge on any atom is -0.495 e. The first-order chi connectivity index (χ1) is 15.7. The van der Waals surface area contributed by atoms with Crippen molar-refractivity contribution in [2.75, 3.05) is 28.4 Å². The zero-order chi connectivity index (χ0) is 24.3. The summed E-state index contributed by atoms with van der Waals surface area (Å²) in [7, 11) is 1.56. The number of nitriles is 1. The lowest BCUT2D eigenvalue weighted by atomic mass is 9.98. The van der Waals surface area contributed by atoms with Gasteiger partial charge in [0.15, 0.2) is 11.5 Å². The third kappa shape index (κ3) is 4.48. The van der Waals surface area contributed by atoms with E-state index in [0.717, 1.165) is 0 Å². The number of hydrogen-bond acceptors (Lipinski definition) is 8. The Bertz CT molecular complexity index is 1400. The van der Waals surface area contributed by atoms with Crippen LogP contribution in [0.1, 0.15) is 5.56 Å². The number of nitrogens with zero attached hydrogens (tertiary/aromatic N) is 1. The van der Waals surface area contributed by atoms with Gasteiger partial charge in [-0.2, -0.15) is 5.26 Å². The molecule has 10 nitrogen and oxygen atoms in total. The van der Waals surface area contributed by atoms with Crippen LogP contribution >= 0.6 is 0 Å². The maximum Gasteiger partial charge on any atom is 0.266 e. The SMILES string of the molecule is COc1ccc(-c2cc(-c3cc(OC)c(OC)c(OC)c3)c(C#N)c(=O)[nH]2)cc1S(N)(=O)=O. The zero-order valence-corrected chi connectivity index (χ0v) is 19.1. The fourth-order valence-corrected chi connectivity index (χ4v) is 4.08. The summed E-state index contributed by atoms with van der Waals surface area (Å²) in [6, 6.07) is 10.9.